The van der Waals surface area contributed by atoms with E-state index < -0.39 is 18.4 Å². The van der Waals surface area contributed by atoms with E-state index in [2.05, 4.69) is 22.8 Å². The third-order valence-electron chi connectivity index (χ3n) is 5.25. The van der Waals surface area contributed by atoms with Crippen molar-refractivity contribution in [2.75, 3.05) is 11.9 Å². The summed E-state index contributed by atoms with van der Waals surface area (Å²) < 4.78 is 13.3. The molecule has 1 amide bonds. The molecule has 138 valence electrons. The van der Waals surface area contributed by atoms with Gasteiger partial charge >= 0.3 is 0 Å². The van der Waals surface area contributed by atoms with Gasteiger partial charge in [-0.2, -0.15) is 0 Å². The molecule has 0 saturated carbocycles. The van der Waals surface area contributed by atoms with Crippen LogP contribution in [0.15, 0.2) is 54.6 Å². The Hall–Kier alpha value is -3.15. The number of carbonyl (C=O) groups excluding carboxylic acids is 2. The minimum absolute atomic E-state index is 0.0517. The van der Waals surface area contributed by atoms with Crippen LogP contribution in [-0.2, 0) is 4.79 Å². The Morgan fingerprint density at radius 1 is 1.19 bits per heavy atom. The minimum atomic E-state index is -1.33. The van der Waals surface area contributed by atoms with E-state index in [-0.39, 0.29) is 23.7 Å². The van der Waals surface area contributed by atoms with Crippen molar-refractivity contribution in [1.29, 1.82) is 0 Å². The van der Waals surface area contributed by atoms with Crippen LogP contribution in [0.5, 0.6) is 0 Å². The second-order valence-electron chi connectivity index (χ2n) is 6.88. The smallest absolute Gasteiger partial charge is 0.251 e. The first-order chi connectivity index (χ1) is 13.0. The largest absolute Gasteiger partial charge is 0.548 e. The highest BCUT2D eigenvalue weighted by molar-refractivity contribution is 5.96. The summed E-state index contributed by atoms with van der Waals surface area (Å²) in [6.45, 7) is -0.521. The zero-order chi connectivity index (χ0) is 19.0. The molecule has 27 heavy (non-hydrogen) atoms. The number of fused-ring (bicyclic) bond motifs is 3. The summed E-state index contributed by atoms with van der Waals surface area (Å²) in [6, 6.07) is 11.9. The Morgan fingerprint density at radius 2 is 1.96 bits per heavy atom. The van der Waals surface area contributed by atoms with Crippen LogP contribution < -0.4 is 15.7 Å². The summed E-state index contributed by atoms with van der Waals surface area (Å²) in [5.74, 6) is -1.62. The molecule has 2 N–H and O–H groups in total. The Kier molecular flexibility index (Phi) is 4.39. The van der Waals surface area contributed by atoms with E-state index in [4.69, 9.17) is 0 Å². The SMILES string of the molecule is O=C([O-])CNC(=O)c1ccc2c(c1)[C@H]1C=CC[C@@H]1[C@H](c1ccc(F)cc1)N2. The Balaban J connectivity index is 1.64. The van der Waals surface area contributed by atoms with E-state index in [1.54, 1.807) is 24.3 Å². The van der Waals surface area contributed by atoms with E-state index in [1.807, 2.05) is 6.07 Å². The predicted molar refractivity (Wildman–Crippen MR) is 96.5 cm³/mol. The summed E-state index contributed by atoms with van der Waals surface area (Å²) in [4.78, 5) is 22.7. The third-order valence-corrected chi connectivity index (χ3v) is 5.25. The number of amides is 1. The van der Waals surface area contributed by atoms with Crippen molar-refractivity contribution in [3.05, 3.63) is 77.1 Å². The lowest BCUT2D eigenvalue weighted by Gasteiger charge is -2.37. The fraction of sp³-hybridized carbons (Fsp3) is 0.238. The van der Waals surface area contributed by atoms with Gasteiger partial charge in [-0.05, 0) is 53.8 Å². The summed E-state index contributed by atoms with van der Waals surface area (Å²) in [6.07, 6.45) is 5.16. The van der Waals surface area contributed by atoms with Gasteiger partial charge in [0.15, 0.2) is 0 Å². The number of rotatable bonds is 4. The molecule has 0 radical (unpaired) electrons. The van der Waals surface area contributed by atoms with Gasteiger partial charge in [-0.1, -0.05) is 24.3 Å². The molecule has 6 heteroatoms. The molecule has 0 spiro atoms. The molecular weight excluding hydrogens is 347 g/mol. The summed E-state index contributed by atoms with van der Waals surface area (Å²) >= 11 is 0. The van der Waals surface area contributed by atoms with Gasteiger partial charge in [-0.15, -0.1) is 0 Å². The van der Waals surface area contributed by atoms with Gasteiger partial charge in [0.2, 0.25) is 0 Å². The molecule has 0 bridgehead atoms. The minimum Gasteiger partial charge on any atom is -0.548 e. The first kappa shape index (κ1) is 17.3. The summed E-state index contributed by atoms with van der Waals surface area (Å²) in [5.41, 5.74) is 3.37. The Bertz CT molecular complexity index is 924. The lowest BCUT2D eigenvalue weighted by atomic mass is 9.76. The molecule has 2 aromatic rings. The van der Waals surface area contributed by atoms with Gasteiger partial charge in [-0.3, -0.25) is 4.79 Å². The number of allylic oxidation sites excluding steroid dienone is 2. The maximum atomic E-state index is 13.3. The van der Waals surface area contributed by atoms with Gasteiger partial charge in [0.25, 0.3) is 5.91 Å². The first-order valence-corrected chi connectivity index (χ1v) is 8.83. The maximum Gasteiger partial charge on any atom is 0.251 e. The average molecular weight is 365 g/mol. The van der Waals surface area contributed by atoms with Crippen LogP contribution in [0.1, 0.15) is 39.9 Å². The number of nitrogens with one attached hydrogen (secondary N) is 2. The van der Waals surface area contributed by atoms with Crippen molar-refractivity contribution in [3.8, 4) is 0 Å². The molecule has 3 atom stereocenters. The number of halogens is 1. The number of anilines is 1. The van der Waals surface area contributed by atoms with E-state index in [9.17, 15) is 19.1 Å². The van der Waals surface area contributed by atoms with E-state index in [0.29, 0.717) is 5.56 Å². The molecule has 4 rings (SSSR count). The zero-order valence-corrected chi connectivity index (χ0v) is 14.4. The molecule has 2 aliphatic rings. The van der Waals surface area contributed by atoms with Gasteiger partial charge in [-0.25, -0.2) is 4.39 Å². The number of carbonyl (C=O) groups is 2. The molecule has 5 nitrogen and oxygen atoms in total. The maximum absolute atomic E-state index is 13.3. The Labute approximate surface area is 155 Å². The van der Waals surface area contributed by atoms with E-state index in [0.717, 1.165) is 23.2 Å². The van der Waals surface area contributed by atoms with Crippen LogP contribution in [0.3, 0.4) is 0 Å². The molecule has 1 aliphatic carbocycles. The second-order valence-corrected chi connectivity index (χ2v) is 6.88. The van der Waals surface area contributed by atoms with Crippen LogP contribution in [0.4, 0.5) is 10.1 Å². The van der Waals surface area contributed by atoms with Crippen molar-refractivity contribution in [2.24, 2.45) is 5.92 Å². The molecule has 0 fully saturated rings. The lowest BCUT2D eigenvalue weighted by molar-refractivity contribution is -0.303. The number of benzene rings is 2. The van der Waals surface area contributed by atoms with Crippen LogP contribution >= 0.6 is 0 Å². The summed E-state index contributed by atoms with van der Waals surface area (Å²) in [7, 11) is 0. The highest BCUT2D eigenvalue weighted by Gasteiger charge is 2.38. The van der Waals surface area contributed by atoms with Crippen LogP contribution in [0.25, 0.3) is 0 Å². The Morgan fingerprint density at radius 3 is 2.70 bits per heavy atom. The molecule has 0 aromatic heterocycles. The normalized spacial score (nSPS) is 22.5. The number of aliphatic carboxylic acids is 1. The van der Waals surface area contributed by atoms with Crippen molar-refractivity contribution >= 4 is 17.6 Å². The fourth-order valence-electron chi connectivity index (χ4n) is 3.99. The van der Waals surface area contributed by atoms with Gasteiger partial charge < -0.3 is 20.5 Å². The predicted octanol–water partition coefficient (Wildman–Crippen LogP) is 2.13. The lowest BCUT2D eigenvalue weighted by Crippen LogP contribution is -2.37. The third kappa shape index (κ3) is 3.30. The van der Waals surface area contributed by atoms with Crippen molar-refractivity contribution in [2.45, 2.75) is 18.4 Å². The summed E-state index contributed by atoms with van der Waals surface area (Å²) in [5, 5.41) is 16.4. The monoisotopic (exact) mass is 365 g/mol. The highest BCUT2D eigenvalue weighted by Crippen LogP contribution is 2.49. The average Bonchev–Trinajstić information content (AvgIpc) is 3.16. The van der Waals surface area contributed by atoms with Crippen molar-refractivity contribution < 1.29 is 19.1 Å². The number of carboxylic acids is 1. The number of carboxylic acid groups (broad SMARTS) is 1. The van der Waals surface area contributed by atoms with Crippen LogP contribution in [0.2, 0.25) is 0 Å². The molecule has 0 unspecified atom stereocenters. The van der Waals surface area contributed by atoms with Gasteiger partial charge in [0.1, 0.15) is 5.82 Å². The van der Waals surface area contributed by atoms with Crippen molar-refractivity contribution in [3.63, 3.8) is 0 Å². The van der Waals surface area contributed by atoms with E-state index >= 15 is 0 Å². The molecular formula is C21H18FN2O3-. The quantitative estimate of drug-likeness (QED) is 0.814. The fourth-order valence-corrected chi connectivity index (χ4v) is 3.99. The number of hydrogen-bond acceptors (Lipinski definition) is 4. The molecule has 1 heterocycles. The van der Waals surface area contributed by atoms with Crippen molar-refractivity contribution in [1.82, 2.24) is 5.32 Å². The van der Waals surface area contributed by atoms with E-state index in [1.165, 1.54) is 12.1 Å². The van der Waals surface area contributed by atoms with Crippen LogP contribution in [-0.4, -0.2) is 18.4 Å². The van der Waals surface area contributed by atoms with Gasteiger partial charge in [0, 0.05) is 17.2 Å². The molecule has 2 aromatic carbocycles. The second kappa shape index (κ2) is 6.87. The first-order valence-electron chi connectivity index (χ1n) is 8.83. The highest BCUT2D eigenvalue weighted by atomic mass is 19.1. The zero-order valence-electron chi connectivity index (χ0n) is 14.4. The standard InChI is InChI=1S/C21H19FN2O3/c22-14-7-4-12(5-8-14)20-16-3-1-2-15(16)17-10-13(6-9-18(17)24-20)21(27)23-11-19(25)26/h1-2,4-10,15-16,20,24H,3,11H2,(H,23,27)(H,25,26)/p-1/t15-,16-,20-/m0/s1. The van der Waals surface area contributed by atoms with Gasteiger partial charge in [0.05, 0.1) is 18.6 Å². The number of hydrogen-bond donors (Lipinski definition) is 2. The molecule has 1 aliphatic heterocycles. The van der Waals surface area contributed by atoms with Crippen LogP contribution in [0, 0.1) is 11.7 Å². The topological polar surface area (TPSA) is 81.3 Å². The molecule has 0 saturated heterocycles.